The van der Waals surface area contributed by atoms with Crippen LogP contribution in [0.1, 0.15) is 61.1 Å². The number of carbonyl (C=O) groups is 1. The highest BCUT2D eigenvalue weighted by molar-refractivity contribution is 5.92. The van der Waals surface area contributed by atoms with Crippen molar-refractivity contribution in [3.63, 3.8) is 0 Å². The second-order valence-electron chi connectivity index (χ2n) is 6.45. The van der Waals surface area contributed by atoms with Crippen LogP contribution >= 0.6 is 0 Å². The van der Waals surface area contributed by atoms with Crippen molar-refractivity contribution in [1.82, 2.24) is 15.1 Å². The molecule has 0 atom stereocenters. The third-order valence-electron chi connectivity index (χ3n) is 4.68. The molecule has 22 heavy (non-hydrogen) atoms. The largest absolute Gasteiger partial charge is 0.375 e. The van der Waals surface area contributed by atoms with Crippen LogP contribution in [0.25, 0.3) is 0 Å². The van der Waals surface area contributed by atoms with Crippen LogP contribution in [0.3, 0.4) is 0 Å². The molecule has 2 heterocycles. The predicted octanol–water partition coefficient (Wildman–Crippen LogP) is 2.74. The summed E-state index contributed by atoms with van der Waals surface area (Å²) in [6, 6.07) is 3.59. The van der Waals surface area contributed by atoms with E-state index in [1.807, 2.05) is 17.9 Å². The molecule has 1 aromatic heterocycles. The second kappa shape index (κ2) is 7.18. The van der Waals surface area contributed by atoms with Gasteiger partial charge in [0.05, 0.1) is 17.9 Å². The molecular weight excluding hydrogens is 278 g/mol. The fraction of sp³-hybridized carbons (Fsp3) is 0.706. The smallest absolute Gasteiger partial charge is 0.274 e. The van der Waals surface area contributed by atoms with Gasteiger partial charge in [-0.3, -0.25) is 4.79 Å². The number of rotatable bonds is 3. The molecular formula is C17H25N3O2. The molecule has 0 bridgehead atoms. The van der Waals surface area contributed by atoms with Gasteiger partial charge in [-0.15, -0.1) is 5.10 Å². The number of ether oxygens (including phenoxy) is 1. The summed E-state index contributed by atoms with van der Waals surface area (Å²) in [7, 11) is 0. The van der Waals surface area contributed by atoms with Gasteiger partial charge in [-0.2, -0.15) is 5.10 Å². The summed E-state index contributed by atoms with van der Waals surface area (Å²) in [5, 5.41) is 7.96. The minimum atomic E-state index is -0.0105. The van der Waals surface area contributed by atoms with Crippen LogP contribution in [0.15, 0.2) is 12.1 Å². The van der Waals surface area contributed by atoms with Gasteiger partial charge in [-0.05, 0) is 44.7 Å². The first kappa shape index (κ1) is 15.4. The lowest BCUT2D eigenvalue weighted by Crippen LogP contribution is -2.42. The minimum Gasteiger partial charge on any atom is -0.375 e. The first-order valence-corrected chi connectivity index (χ1v) is 8.47. The van der Waals surface area contributed by atoms with Gasteiger partial charge in [0, 0.05) is 13.1 Å². The maximum absolute atomic E-state index is 12.4. The van der Waals surface area contributed by atoms with Crippen molar-refractivity contribution in [3.8, 4) is 0 Å². The first-order chi connectivity index (χ1) is 10.7. The Morgan fingerprint density at radius 3 is 2.36 bits per heavy atom. The van der Waals surface area contributed by atoms with Gasteiger partial charge in [0.25, 0.3) is 5.91 Å². The lowest BCUT2D eigenvalue weighted by molar-refractivity contribution is -0.0527. The molecule has 5 heteroatoms. The first-order valence-electron chi connectivity index (χ1n) is 8.47. The molecule has 0 N–H and O–H groups in total. The number of aryl methyl sites for hydroxylation is 1. The summed E-state index contributed by atoms with van der Waals surface area (Å²) >= 11 is 0. The Kier molecular flexibility index (Phi) is 5.03. The third-order valence-corrected chi connectivity index (χ3v) is 4.68. The number of likely N-dealkylation sites (tertiary alicyclic amines) is 1. The van der Waals surface area contributed by atoms with Gasteiger partial charge in [0.15, 0.2) is 5.69 Å². The van der Waals surface area contributed by atoms with E-state index >= 15 is 0 Å². The van der Waals surface area contributed by atoms with Gasteiger partial charge in [0.1, 0.15) is 0 Å². The SMILES string of the molecule is Cc1ccc(C(=O)N2CCC(OC3CCCCC3)CC2)nn1. The predicted molar refractivity (Wildman–Crippen MR) is 83.7 cm³/mol. The molecule has 0 radical (unpaired) electrons. The Hall–Kier alpha value is -1.49. The molecule has 0 unspecified atom stereocenters. The average molecular weight is 303 g/mol. The van der Waals surface area contributed by atoms with Crippen LogP contribution in [0, 0.1) is 6.92 Å². The molecule has 0 aromatic carbocycles. The van der Waals surface area contributed by atoms with Crippen LogP contribution < -0.4 is 0 Å². The van der Waals surface area contributed by atoms with E-state index in [1.165, 1.54) is 32.1 Å². The summed E-state index contributed by atoms with van der Waals surface area (Å²) in [5.41, 5.74) is 1.27. The van der Waals surface area contributed by atoms with E-state index in [9.17, 15) is 4.79 Å². The van der Waals surface area contributed by atoms with E-state index in [0.717, 1.165) is 31.6 Å². The fourth-order valence-electron chi connectivity index (χ4n) is 3.34. The van der Waals surface area contributed by atoms with Crippen molar-refractivity contribution >= 4 is 5.91 Å². The highest BCUT2D eigenvalue weighted by atomic mass is 16.5. The van der Waals surface area contributed by atoms with Crippen LogP contribution in [-0.4, -0.2) is 46.3 Å². The van der Waals surface area contributed by atoms with Crippen molar-refractivity contribution in [2.45, 2.75) is 64.1 Å². The molecule has 2 fully saturated rings. The lowest BCUT2D eigenvalue weighted by atomic mass is 9.97. The van der Waals surface area contributed by atoms with E-state index in [2.05, 4.69) is 10.2 Å². The quantitative estimate of drug-likeness (QED) is 0.861. The van der Waals surface area contributed by atoms with Crippen molar-refractivity contribution < 1.29 is 9.53 Å². The summed E-state index contributed by atoms with van der Waals surface area (Å²) in [4.78, 5) is 14.3. The number of carbonyl (C=O) groups excluding carboxylic acids is 1. The highest BCUT2D eigenvalue weighted by Gasteiger charge is 2.27. The molecule has 2 aliphatic rings. The van der Waals surface area contributed by atoms with Gasteiger partial charge in [0.2, 0.25) is 0 Å². The Bertz CT molecular complexity index is 489. The van der Waals surface area contributed by atoms with Crippen molar-refractivity contribution in [3.05, 3.63) is 23.5 Å². The maximum Gasteiger partial charge on any atom is 0.274 e. The third kappa shape index (κ3) is 3.83. The number of aromatic nitrogens is 2. The van der Waals surface area contributed by atoms with E-state index in [0.29, 0.717) is 17.9 Å². The van der Waals surface area contributed by atoms with E-state index in [1.54, 1.807) is 6.07 Å². The highest BCUT2D eigenvalue weighted by Crippen LogP contribution is 2.25. The Labute approximate surface area is 132 Å². The molecule has 1 saturated carbocycles. The lowest BCUT2D eigenvalue weighted by Gasteiger charge is -2.34. The van der Waals surface area contributed by atoms with Crippen LogP contribution in [0.5, 0.6) is 0 Å². The summed E-state index contributed by atoms with van der Waals surface area (Å²) in [6.07, 6.45) is 8.99. The van der Waals surface area contributed by atoms with Gasteiger partial charge >= 0.3 is 0 Å². The summed E-state index contributed by atoms with van der Waals surface area (Å²) in [5.74, 6) is -0.0105. The molecule has 1 saturated heterocycles. The van der Waals surface area contributed by atoms with Gasteiger partial charge in [-0.1, -0.05) is 19.3 Å². The number of piperidine rings is 1. The maximum atomic E-state index is 12.4. The molecule has 3 rings (SSSR count). The molecule has 0 spiro atoms. The number of amides is 1. The fourth-order valence-corrected chi connectivity index (χ4v) is 3.34. The van der Waals surface area contributed by atoms with E-state index < -0.39 is 0 Å². The van der Waals surface area contributed by atoms with Gasteiger partial charge < -0.3 is 9.64 Å². The zero-order valence-electron chi connectivity index (χ0n) is 13.3. The van der Waals surface area contributed by atoms with Gasteiger partial charge in [-0.25, -0.2) is 0 Å². The summed E-state index contributed by atoms with van der Waals surface area (Å²) < 4.78 is 6.22. The monoisotopic (exact) mass is 303 g/mol. The summed E-state index contributed by atoms with van der Waals surface area (Å²) in [6.45, 7) is 3.38. The number of nitrogens with zero attached hydrogens (tertiary/aromatic N) is 3. The second-order valence-corrected chi connectivity index (χ2v) is 6.45. The van der Waals surface area contributed by atoms with E-state index in [4.69, 9.17) is 4.74 Å². The molecule has 1 aliphatic carbocycles. The van der Waals surface area contributed by atoms with Crippen molar-refractivity contribution in [2.24, 2.45) is 0 Å². The van der Waals surface area contributed by atoms with Crippen molar-refractivity contribution in [1.29, 1.82) is 0 Å². The number of hydrogen-bond donors (Lipinski definition) is 0. The Balaban J connectivity index is 1.48. The average Bonchev–Trinajstić information content (AvgIpc) is 2.57. The normalized spacial score (nSPS) is 21.0. The Morgan fingerprint density at radius 1 is 1.05 bits per heavy atom. The zero-order chi connectivity index (χ0) is 15.4. The molecule has 1 aromatic rings. The number of hydrogen-bond acceptors (Lipinski definition) is 4. The van der Waals surface area contributed by atoms with Crippen LogP contribution in [0.2, 0.25) is 0 Å². The van der Waals surface area contributed by atoms with Crippen molar-refractivity contribution in [2.75, 3.05) is 13.1 Å². The van der Waals surface area contributed by atoms with Crippen LogP contribution in [0.4, 0.5) is 0 Å². The zero-order valence-corrected chi connectivity index (χ0v) is 13.3. The molecule has 120 valence electrons. The Morgan fingerprint density at radius 2 is 1.73 bits per heavy atom. The molecule has 1 aliphatic heterocycles. The van der Waals surface area contributed by atoms with Crippen LogP contribution in [-0.2, 0) is 4.74 Å². The minimum absolute atomic E-state index is 0.0105. The standard InChI is InChI=1S/C17H25N3O2/c1-13-7-8-16(19-18-13)17(21)20-11-9-15(10-12-20)22-14-5-3-2-4-6-14/h7-8,14-15H,2-6,9-12H2,1H3. The molecule has 1 amide bonds. The topological polar surface area (TPSA) is 55.3 Å². The van der Waals surface area contributed by atoms with E-state index in [-0.39, 0.29) is 5.91 Å². The molecule has 5 nitrogen and oxygen atoms in total.